The summed E-state index contributed by atoms with van der Waals surface area (Å²) in [6.07, 6.45) is 0. The molecule has 0 spiro atoms. The molecule has 1 nitrogen and oxygen atoms in total. The van der Waals surface area contributed by atoms with Gasteiger partial charge in [-0.15, -0.1) is 0 Å². The Balaban J connectivity index is 2.52. The molecule has 0 fully saturated rings. The predicted molar refractivity (Wildman–Crippen MR) is 65.4 cm³/mol. The molecule has 0 aliphatic carbocycles. The third-order valence-corrected chi connectivity index (χ3v) is 3.62. The number of hydrogen-bond donors (Lipinski definition) is 1. The molecule has 0 heterocycles. The van der Waals surface area contributed by atoms with Crippen LogP contribution in [-0.4, -0.2) is 11.5 Å². The Labute approximate surface area is 99.4 Å². The first kappa shape index (κ1) is 13.5. The van der Waals surface area contributed by atoms with Gasteiger partial charge >= 0.3 is 0 Å². The van der Waals surface area contributed by atoms with Crippen molar-refractivity contribution in [2.24, 2.45) is 11.7 Å². The van der Waals surface area contributed by atoms with Crippen molar-refractivity contribution in [1.82, 2.24) is 0 Å². The maximum Gasteiger partial charge on any atom is 0.159 e. The maximum absolute atomic E-state index is 13.0. The molecular weight excluding hydrogens is 228 g/mol. The summed E-state index contributed by atoms with van der Waals surface area (Å²) in [4.78, 5) is 0. The molecule has 0 radical (unpaired) electrons. The van der Waals surface area contributed by atoms with Crippen molar-refractivity contribution in [3.8, 4) is 0 Å². The second-order valence-corrected chi connectivity index (χ2v) is 5.29. The van der Waals surface area contributed by atoms with Crippen molar-refractivity contribution < 1.29 is 8.78 Å². The van der Waals surface area contributed by atoms with Crippen LogP contribution in [0.15, 0.2) is 18.2 Å². The van der Waals surface area contributed by atoms with Crippen LogP contribution in [0.3, 0.4) is 0 Å². The lowest BCUT2D eigenvalue weighted by Crippen LogP contribution is -2.14. The van der Waals surface area contributed by atoms with E-state index in [1.807, 2.05) is 0 Å². The number of halogens is 2. The van der Waals surface area contributed by atoms with Crippen LogP contribution in [0.25, 0.3) is 0 Å². The summed E-state index contributed by atoms with van der Waals surface area (Å²) in [5.74, 6) is 0.704. The molecular formula is C12H17F2NS. The molecule has 1 atom stereocenters. The van der Waals surface area contributed by atoms with E-state index in [4.69, 9.17) is 5.73 Å². The van der Waals surface area contributed by atoms with Crippen LogP contribution in [0.1, 0.15) is 25.5 Å². The molecule has 0 aliphatic rings. The molecule has 0 bridgehead atoms. The average molecular weight is 245 g/mol. The summed E-state index contributed by atoms with van der Waals surface area (Å²) in [5, 5.41) is 0. The Bertz CT molecular complexity index is 342. The summed E-state index contributed by atoms with van der Waals surface area (Å²) in [6.45, 7) is 4.27. The highest BCUT2D eigenvalue weighted by molar-refractivity contribution is 7.99. The molecule has 4 heteroatoms. The van der Waals surface area contributed by atoms with Crippen LogP contribution in [0.5, 0.6) is 0 Å². The number of thioether (sulfide) groups is 1. The van der Waals surface area contributed by atoms with Gasteiger partial charge < -0.3 is 5.73 Å². The van der Waals surface area contributed by atoms with Crippen LogP contribution in [-0.2, 0) is 0 Å². The lowest BCUT2D eigenvalue weighted by atomic mass is 10.1. The van der Waals surface area contributed by atoms with Gasteiger partial charge in [0.05, 0.1) is 0 Å². The van der Waals surface area contributed by atoms with Crippen LogP contribution < -0.4 is 5.73 Å². The van der Waals surface area contributed by atoms with E-state index in [0.29, 0.717) is 11.5 Å². The molecule has 1 unspecified atom stereocenters. The summed E-state index contributed by atoms with van der Waals surface area (Å²) in [5.41, 5.74) is 6.54. The van der Waals surface area contributed by atoms with E-state index < -0.39 is 11.6 Å². The Hall–Kier alpha value is -0.610. The SMILES string of the molecule is CC(C)CSCC(N)c1ccc(F)c(F)c1. The summed E-state index contributed by atoms with van der Waals surface area (Å²) >= 11 is 1.73. The fraction of sp³-hybridized carbons (Fsp3) is 0.500. The van der Waals surface area contributed by atoms with Crippen molar-refractivity contribution in [3.63, 3.8) is 0 Å². The normalized spacial score (nSPS) is 13.1. The zero-order valence-corrected chi connectivity index (χ0v) is 10.4. The second-order valence-electron chi connectivity index (χ2n) is 4.21. The molecule has 0 saturated heterocycles. The zero-order chi connectivity index (χ0) is 12.1. The van der Waals surface area contributed by atoms with Crippen molar-refractivity contribution in [2.45, 2.75) is 19.9 Å². The Morgan fingerprint density at radius 1 is 1.19 bits per heavy atom. The van der Waals surface area contributed by atoms with Crippen molar-refractivity contribution in [3.05, 3.63) is 35.4 Å². The van der Waals surface area contributed by atoms with E-state index in [1.54, 1.807) is 17.8 Å². The third-order valence-electron chi connectivity index (χ3n) is 2.12. The Morgan fingerprint density at radius 2 is 1.88 bits per heavy atom. The number of hydrogen-bond acceptors (Lipinski definition) is 2. The molecule has 0 saturated carbocycles. The molecule has 1 aromatic rings. The first-order valence-electron chi connectivity index (χ1n) is 5.29. The minimum atomic E-state index is -0.832. The monoisotopic (exact) mass is 245 g/mol. The second kappa shape index (κ2) is 6.21. The van der Waals surface area contributed by atoms with E-state index in [0.717, 1.165) is 17.6 Å². The largest absolute Gasteiger partial charge is 0.323 e. The van der Waals surface area contributed by atoms with Gasteiger partial charge in [0.25, 0.3) is 0 Å². The van der Waals surface area contributed by atoms with Gasteiger partial charge in [-0.3, -0.25) is 0 Å². The van der Waals surface area contributed by atoms with Crippen LogP contribution in [0, 0.1) is 17.6 Å². The Kier molecular flexibility index (Phi) is 5.22. The average Bonchev–Trinajstić information content (AvgIpc) is 2.21. The summed E-state index contributed by atoms with van der Waals surface area (Å²) < 4.78 is 25.7. The Morgan fingerprint density at radius 3 is 2.44 bits per heavy atom. The van der Waals surface area contributed by atoms with Crippen molar-refractivity contribution in [2.75, 3.05) is 11.5 Å². The molecule has 90 valence electrons. The highest BCUT2D eigenvalue weighted by Crippen LogP contribution is 2.19. The van der Waals surface area contributed by atoms with Gasteiger partial charge in [-0.2, -0.15) is 11.8 Å². The van der Waals surface area contributed by atoms with Gasteiger partial charge in [-0.1, -0.05) is 19.9 Å². The number of nitrogens with two attached hydrogens (primary N) is 1. The highest BCUT2D eigenvalue weighted by atomic mass is 32.2. The minimum Gasteiger partial charge on any atom is -0.323 e. The fourth-order valence-corrected chi connectivity index (χ4v) is 2.32. The number of benzene rings is 1. The van der Waals surface area contributed by atoms with Gasteiger partial charge in [0.15, 0.2) is 11.6 Å². The van der Waals surface area contributed by atoms with Crippen molar-refractivity contribution in [1.29, 1.82) is 0 Å². The van der Waals surface area contributed by atoms with Crippen LogP contribution in [0.2, 0.25) is 0 Å². The topological polar surface area (TPSA) is 26.0 Å². The molecule has 0 amide bonds. The smallest absolute Gasteiger partial charge is 0.159 e. The third kappa shape index (κ3) is 4.10. The molecule has 2 N–H and O–H groups in total. The van der Waals surface area contributed by atoms with Gasteiger partial charge in [0, 0.05) is 11.8 Å². The number of rotatable bonds is 5. The van der Waals surface area contributed by atoms with E-state index in [-0.39, 0.29) is 6.04 Å². The summed E-state index contributed by atoms with van der Waals surface area (Å²) in [6, 6.07) is 3.60. The first-order valence-corrected chi connectivity index (χ1v) is 6.44. The van der Waals surface area contributed by atoms with Crippen molar-refractivity contribution >= 4 is 11.8 Å². The van der Waals surface area contributed by atoms with Gasteiger partial charge in [0.1, 0.15) is 0 Å². The quantitative estimate of drug-likeness (QED) is 0.861. The van der Waals surface area contributed by atoms with Crippen LogP contribution >= 0.6 is 11.8 Å². The highest BCUT2D eigenvalue weighted by Gasteiger charge is 2.09. The molecule has 1 aromatic carbocycles. The maximum atomic E-state index is 13.0. The van der Waals surface area contributed by atoms with E-state index >= 15 is 0 Å². The van der Waals surface area contributed by atoms with Gasteiger partial charge in [-0.25, -0.2) is 8.78 Å². The zero-order valence-electron chi connectivity index (χ0n) is 9.54. The molecule has 0 aliphatic heterocycles. The van der Waals surface area contributed by atoms with E-state index in [9.17, 15) is 8.78 Å². The molecule has 1 rings (SSSR count). The van der Waals surface area contributed by atoms with E-state index in [1.165, 1.54) is 6.07 Å². The van der Waals surface area contributed by atoms with Crippen LogP contribution in [0.4, 0.5) is 8.78 Å². The molecule has 16 heavy (non-hydrogen) atoms. The first-order chi connectivity index (χ1) is 7.50. The lowest BCUT2D eigenvalue weighted by Gasteiger charge is -2.12. The summed E-state index contributed by atoms with van der Waals surface area (Å²) in [7, 11) is 0. The van der Waals surface area contributed by atoms with Gasteiger partial charge in [-0.05, 0) is 29.4 Å². The standard InChI is InChI=1S/C12H17F2NS/c1-8(2)6-16-7-12(15)9-3-4-10(13)11(14)5-9/h3-5,8,12H,6-7,15H2,1-2H3. The van der Waals surface area contributed by atoms with E-state index in [2.05, 4.69) is 13.8 Å². The van der Waals surface area contributed by atoms with Gasteiger partial charge in [0.2, 0.25) is 0 Å². The molecule has 0 aromatic heterocycles. The predicted octanol–water partition coefficient (Wildman–Crippen LogP) is 3.35. The fourth-order valence-electron chi connectivity index (χ4n) is 1.27. The lowest BCUT2D eigenvalue weighted by molar-refractivity contribution is 0.506. The minimum absolute atomic E-state index is 0.237.